The Labute approximate surface area is 182 Å². The Morgan fingerprint density at radius 3 is 2.48 bits per heavy atom. The molecular weight excluding hydrogens is 378 g/mol. The maximum atomic E-state index is 12.7. The zero-order valence-electron chi connectivity index (χ0n) is 19.2. The topological polar surface area (TPSA) is 38.1 Å². The number of nitrogens with zero attached hydrogens (tertiary/aromatic N) is 3. The molecule has 0 aliphatic carbocycles. The third-order valence-electron chi connectivity index (χ3n) is 4.74. The van der Waals surface area contributed by atoms with Crippen molar-refractivity contribution in [2.45, 2.75) is 78.0 Å². The Morgan fingerprint density at radius 2 is 1.83 bits per heavy atom. The molecule has 0 unspecified atom stereocenters. The fourth-order valence-electron chi connectivity index (χ4n) is 3.28. The van der Waals surface area contributed by atoms with Gasteiger partial charge in [-0.2, -0.15) is 0 Å². The van der Waals surface area contributed by atoms with Crippen LogP contribution in [0.4, 0.5) is 5.69 Å². The minimum atomic E-state index is 0.0371. The smallest absolute Gasteiger partial charge is 0.276 e. The van der Waals surface area contributed by atoms with Crippen molar-refractivity contribution < 1.29 is 4.79 Å². The molecule has 3 rings (SSSR count). The van der Waals surface area contributed by atoms with Crippen molar-refractivity contribution in [3.8, 4) is 0 Å². The van der Waals surface area contributed by atoms with E-state index in [1.54, 1.807) is 17.1 Å². The van der Waals surface area contributed by atoms with E-state index in [4.69, 9.17) is 0 Å². The fourth-order valence-corrected chi connectivity index (χ4v) is 4.25. The summed E-state index contributed by atoms with van der Waals surface area (Å²) < 4.78 is 1.78. The Hall–Kier alpha value is -1.75. The van der Waals surface area contributed by atoms with Gasteiger partial charge in [0.2, 0.25) is 0 Å². The van der Waals surface area contributed by atoms with Crippen molar-refractivity contribution in [1.82, 2.24) is 9.55 Å². The summed E-state index contributed by atoms with van der Waals surface area (Å²) in [6, 6.07) is 6.53. The predicted octanol–water partition coefficient (Wildman–Crippen LogP) is 6.74. The largest absolute Gasteiger partial charge is 0.330 e. The van der Waals surface area contributed by atoms with Crippen LogP contribution in [0.2, 0.25) is 0 Å². The molecule has 1 aliphatic rings. The Bertz CT molecular complexity index is 727. The maximum absolute atomic E-state index is 12.7. The lowest BCUT2D eigenvalue weighted by Gasteiger charge is -2.17. The first-order valence-electron chi connectivity index (χ1n) is 11.2. The van der Waals surface area contributed by atoms with Crippen molar-refractivity contribution in [2.75, 3.05) is 17.2 Å². The molecule has 1 amide bonds. The van der Waals surface area contributed by atoms with Crippen molar-refractivity contribution >= 4 is 23.4 Å². The monoisotopic (exact) mass is 417 g/mol. The van der Waals surface area contributed by atoms with Crippen LogP contribution in [0.1, 0.15) is 82.8 Å². The lowest BCUT2D eigenvalue weighted by molar-refractivity contribution is 0.0981. The van der Waals surface area contributed by atoms with E-state index in [1.165, 1.54) is 48.3 Å². The molecule has 2 aromatic rings. The number of benzene rings is 1. The second kappa shape index (κ2) is 14.3. The van der Waals surface area contributed by atoms with Crippen LogP contribution in [0.15, 0.2) is 35.6 Å². The number of rotatable bonds is 8. The van der Waals surface area contributed by atoms with E-state index in [0.717, 1.165) is 18.7 Å². The van der Waals surface area contributed by atoms with Gasteiger partial charge in [-0.05, 0) is 42.4 Å². The van der Waals surface area contributed by atoms with Crippen LogP contribution in [0.5, 0.6) is 0 Å². The molecule has 0 atom stereocenters. The minimum Gasteiger partial charge on any atom is -0.330 e. The van der Waals surface area contributed by atoms with Crippen LogP contribution in [0.25, 0.3) is 0 Å². The van der Waals surface area contributed by atoms with Crippen LogP contribution in [-0.2, 0) is 13.5 Å². The first-order chi connectivity index (χ1) is 14.2. The van der Waals surface area contributed by atoms with Crippen LogP contribution >= 0.6 is 11.8 Å². The Kier molecular flexibility index (Phi) is 12.4. The first kappa shape index (κ1) is 25.3. The van der Waals surface area contributed by atoms with Gasteiger partial charge in [0, 0.05) is 24.2 Å². The van der Waals surface area contributed by atoms with Crippen molar-refractivity contribution in [1.29, 1.82) is 0 Å². The highest BCUT2D eigenvalue weighted by Crippen LogP contribution is 2.33. The van der Waals surface area contributed by atoms with E-state index in [2.05, 4.69) is 30.1 Å². The normalized spacial score (nSPS) is 11.9. The van der Waals surface area contributed by atoms with Crippen molar-refractivity contribution in [2.24, 2.45) is 7.05 Å². The number of carbonyl (C=O) groups excluding carboxylic acids is 1. The Morgan fingerprint density at radius 1 is 1.10 bits per heavy atom. The van der Waals surface area contributed by atoms with E-state index < -0.39 is 0 Å². The molecule has 1 aromatic heterocycles. The summed E-state index contributed by atoms with van der Waals surface area (Å²) in [7, 11) is 1.86. The number of carbonyl (C=O) groups is 1. The third kappa shape index (κ3) is 7.22. The standard InChI is InChI=1S/C20H27N3OS.2C2H6/c1-3-4-5-6-7-12-25-17-8-9-18-16(13-17)10-11-23(18)20(24)19-14-21-15-22(19)2;2*1-2/h8-9,13-15H,3-7,10-12H2,1-2H3;2*1-2H3. The zero-order chi connectivity index (χ0) is 21.6. The van der Waals surface area contributed by atoms with Gasteiger partial charge >= 0.3 is 0 Å². The zero-order valence-corrected chi connectivity index (χ0v) is 20.0. The van der Waals surface area contributed by atoms with E-state index in [9.17, 15) is 4.79 Å². The number of aromatic nitrogens is 2. The summed E-state index contributed by atoms with van der Waals surface area (Å²) in [6.07, 6.45) is 10.9. The molecule has 5 heteroatoms. The number of thioether (sulfide) groups is 1. The number of aryl methyl sites for hydroxylation is 1. The Balaban J connectivity index is 0.000000989. The van der Waals surface area contributed by atoms with Gasteiger partial charge in [-0.25, -0.2) is 4.98 Å². The summed E-state index contributed by atoms with van der Waals surface area (Å²) in [5, 5.41) is 0. The van der Waals surface area contributed by atoms with Gasteiger partial charge in [-0.3, -0.25) is 4.79 Å². The van der Waals surface area contributed by atoms with Crippen LogP contribution in [-0.4, -0.2) is 27.8 Å². The highest BCUT2D eigenvalue weighted by molar-refractivity contribution is 7.99. The summed E-state index contributed by atoms with van der Waals surface area (Å²) in [5.74, 6) is 1.22. The predicted molar refractivity (Wildman–Crippen MR) is 127 cm³/mol. The molecule has 29 heavy (non-hydrogen) atoms. The summed E-state index contributed by atoms with van der Waals surface area (Å²) in [5.41, 5.74) is 2.98. The third-order valence-corrected chi connectivity index (χ3v) is 5.82. The number of imidazole rings is 1. The highest BCUT2D eigenvalue weighted by Gasteiger charge is 2.27. The van der Waals surface area contributed by atoms with Gasteiger partial charge in [0.15, 0.2) is 0 Å². The van der Waals surface area contributed by atoms with Crippen molar-refractivity contribution in [3.05, 3.63) is 42.0 Å². The van der Waals surface area contributed by atoms with Gasteiger partial charge < -0.3 is 9.47 Å². The molecule has 2 heterocycles. The number of hydrogen-bond donors (Lipinski definition) is 0. The maximum Gasteiger partial charge on any atom is 0.276 e. The molecule has 0 fully saturated rings. The lowest BCUT2D eigenvalue weighted by atomic mass is 10.2. The van der Waals surface area contributed by atoms with Gasteiger partial charge in [0.25, 0.3) is 5.91 Å². The molecular formula is C24H39N3OS. The molecule has 1 aliphatic heterocycles. The van der Waals surface area contributed by atoms with Crippen LogP contribution in [0, 0.1) is 0 Å². The molecule has 1 aromatic carbocycles. The summed E-state index contributed by atoms with van der Waals surface area (Å²) in [6.45, 7) is 11.0. The van der Waals surface area contributed by atoms with E-state index >= 15 is 0 Å². The first-order valence-corrected chi connectivity index (χ1v) is 12.2. The van der Waals surface area contributed by atoms with E-state index in [0.29, 0.717) is 5.69 Å². The van der Waals surface area contributed by atoms with E-state index in [-0.39, 0.29) is 5.91 Å². The minimum absolute atomic E-state index is 0.0371. The van der Waals surface area contributed by atoms with E-state index in [1.807, 2.05) is 51.4 Å². The molecule has 0 N–H and O–H groups in total. The fraction of sp³-hybridized carbons (Fsp3) is 0.583. The highest BCUT2D eigenvalue weighted by atomic mass is 32.2. The quantitative estimate of drug-likeness (QED) is 0.353. The van der Waals surface area contributed by atoms with Gasteiger partial charge in [0.1, 0.15) is 5.69 Å². The van der Waals surface area contributed by atoms with Gasteiger partial charge in [0.05, 0.1) is 12.5 Å². The number of unbranched alkanes of at least 4 members (excludes halogenated alkanes) is 4. The van der Waals surface area contributed by atoms with Gasteiger partial charge in [-0.15, -0.1) is 11.8 Å². The number of hydrogen-bond acceptors (Lipinski definition) is 3. The summed E-state index contributed by atoms with van der Waals surface area (Å²) >= 11 is 1.94. The molecule has 162 valence electrons. The molecule has 0 saturated carbocycles. The second-order valence-corrected chi connectivity index (χ2v) is 7.82. The molecule has 4 nitrogen and oxygen atoms in total. The molecule has 0 saturated heterocycles. The van der Waals surface area contributed by atoms with Crippen LogP contribution < -0.4 is 4.90 Å². The molecule has 0 spiro atoms. The second-order valence-electron chi connectivity index (χ2n) is 6.65. The SMILES string of the molecule is CC.CC.CCCCCCCSc1ccc2c(c1)CCN2C(=O)c1cncn1C. The van der Waals surface area contributed by atoms with Crippen molar-refractivity contribution in [3.63, 3.8) is 0 Å². The molecule has 0 radical (unpaired) electrons. The van der Waals surface area contributed by atoms with Crippen LogP contribution in [0.3, 0.4) is 0 Å². The average Bonchev–Trinajstić information content (AvgIpc) is 3.39. The number of anilines is 1. The number of fused-ring (bicyclic) bond motifs is 1. The number of amides is 1. The lowest BCUT2D eigenvalue weighted by Crippen LogP contribution is -2.30. The molecule has 0 bridgehead atoms. The summed E-state index contributed by atoms with van der Waals surface area (Å²) in [4.78, 5) is 20.0. The average molecular weight is 418 g/mol. The van der Waals surface area contributed by atoms with Gasteiger partial charge in [-0.1, -0.05) is 60.3 Å².